The average molecular weight is 258 g/mol. The number of ether oxygens (including phenoxy) is 1. The summed E-state index contributed by atoms with van der Waals surface area (Å²) in [5.74, 6) is 0.254. The summed E-state index contributed by atoms with van der Waals surface area (Å²) in [7, 11) is 1.58. The predicted octanol–water partition coefficient (Wildman–Crippen LogP) is -0.650. The van der Waals surface area contributed by atoms with Crippen molar-refractivity contribution >= 4 is 11.7 Å². The zero-order valence-electron chi connectivity index (χ0n) is 10.8. The van der Waals surface area contributed by atoms with Gasteiger partial charge in [-0.15, -0.1) is 0 Å². The average Bonchev–Trinajstić information content (AvgIpc) is 2.38. The van der Waals surface area contributed by atoms with Crippen LogP contribution < -0.4 is 11.1 Å². The highest BCUT2D eigenvalue weighted by atomic mass is 16.5. The first-order valence-corrected chi connectivity index (χ1v) is 6.12. The summed E-state index contributed by atoms with van der Waals surface area (Å²) < 4.78 is 4.86. The molecule has 18 heavy (non-hydrogen) atoms. The van der Waals surface area contributed by atoms with E-state index in [0.29, 0.717) is 19.6 Å². The van der Waals surface area contributed by atoms with E-state index in [0.717, 1.165) is 25.9 Å². The number of carbonyl (C=O) groups is 1. The number of carbonyl (C=O) groups excluding carboxylic acids is 1. The Morgan fingerprint density at radius 2 is 2.22 bits per heavy atom. The van der Waals surface area contributed by atoms with Crippen LogP contribution in [0.5, 0.6) is 0 Å². The molecular formula is C11H22N4O3. The van der Waals surface area contributed by atoms with Crippen LogP contribution in [0.15, 0.2) is 5.16 Å². The molecule has 0 bridgehead atoms. The van der Waals surface area contributed by atoms with Crippen LogP contribution in [0.1, 0.15) is 19.3 Å². The van der Waals surface area contributed by atoms with Gasteiger partial charge in [-0.05, 0) is 12.8 Å². The van der Waals surface area contributed by atoms with Crippen molar-refractivity contribution in [3.8, 4) is 0 Å². The van der Waals surface area contributed by atoms with Gasteiger partial charge in [0, 0.05) is 32.7 Å². The number of nitrogens with one attached hydrogen (secondary N) is 1. The van der Waals surface area contributed by atoms with Gasteiger partial charge >= 0.3 is 0 Å². The Bertz CT molecular complexity index is 288. The fourth-order valence-electron chi connectivity index (χ4n) is 1.99. The van der Waals surface area contributed by atoms with Crippen LogP contribution >= 0.6 is 0 Å². The van der Waals surface area contributed by atoms with Crippen molar-refractivity contribution in [3.05, 3.63) is 0 Å². The number of rotatable bonds is 6. The summed E-state index contributed by atoms with van der Waals surface area (Å²) >= 11 is 0. The first kappa shape index (κ1) is 14.7. The lowest BCUT2D eigenvalue weighted by Crippen LogP contribution is -2.46. The Morgan fingerprint density at radius 1 is 1.56 bits per heavy atom. The van der Waals surface area contributed by atoms with Crippen LogP contribution in [0.2, 0.25) is 0 Å². The molecule has 0 unspecified atom stereocenters. The standard InChI is InChI=1S/C11H22N4O3/c1-18-7-4-11(16)13-9-2-5-15(6-3-9)8-10(12)14-17/h9,17H,2-8H2,1H3,(H2,12,14)(H,13,16). The minimum atomic E-state index is 0.0340. The Morgan fingerprint density at radius 3 is 2.78 bits per heavy atom. The number of nitrogens with zero attached hydrogens (tertiary/aromatic N) is 2. The molecule has 0 radical (unpaired) electrons. The molecule has 104 valence electrons. The molecule has 0 spiro atoms. The maximum Gasteiger partial charge on any atom is 0.222 e. The smallest absolute Gasteiger partial charge is 0.222 e. The largest absolute Gasteiger partial charge is 0.409 e. The fraction of sp³-hybridized carbons (Fsp3) is 0.818. The number of likely N-dealkylation sites (tertiary alicyclic amines) is 1. The molecule has 4 N–H and O–H groups in total. The SMILES string of the molecule is COCCC(=O)NC1CCN(CC(N)=NO)CC1. The van der Waals surface area contributed by atoms with Crippen molar-refractivity contribution < 1.29 is 14.7 Å². The zero-order chi connectivity index (χ0) is 13.4. The second-order valence-corrected chi connectivity index (χ2v) is 4.45. The third kappa shape index (κ3) is 5.33. The van der Waals surface area contributed by atoms with Crippen molar-refractivity contribution in [2.24, 2.45) is 10.9 Å². The Hall–Kier alpha value is -1.34. The number of nitrogens with two attached hydrogens (primary N) is 1. The molecule has 7 nitrogen and oxygen atoms in total. The number of methoxy groups -OCH3 is 1. The summed E-state index contributed by atoms with van der Waals surface area (Å²) in [6, 6.07) is 0.220. The van der Waals surface area contributed by atoms with Crippen molar-refractivity contribution in [3.63, 3.8) is 0 Å². The first-order valence-electron chi connectivity index (χ1n) is 6.12. The lowest BCUT2D eigenvalue weighted by atomic mass is 10.0. The van der Waals surface area contributed by atoms with Crippen LogP contribution in [0.3, 0.4) is 0 Å². The lowest BCUT2D eigenvalue weighted by molar-refractivity contribution is -0.122. The van der Waals surface area contributed by atoms with Gasteiger partial charge in [-0.1, -0.05) is 5.16 Å². The molecule has 1 heterocycles. The van der Waals surface area contributed by atoms with E-state index < -0.39 is 0 Å². The molecule has 7 heteroatoms. The Balaban J connectivity index is 2.21. The highest BCUT2D eigenvalue weighted by molar-refractivity contribution is 5.81. The molecule has 0 aromatic carbocycles. The highest BCUT2D eigenvalue weighted by Crippen LogP contribution is 2.10. The normalized spacial score (nSPS) is 18.8. The highest BCUT2D eigenvalue weighted by Gasteiger charge is 2.20. The molecule has 0 aromatic rings. The van der Waals surface area contributed by atoms with Crippen LogP contribution in [-0.4, -0.2) is 61.2 Å². The number of hydrogen-bond acceptors (Lipinski definition) is 5. The number of hydrogen-bond donors (Lipinski definition) is 3. The first-order chi connectivity index (χ1) is 8.65. The molecule has 0 aliphatic carbocycles. The molecule has 1 rings (SSSR count). The van der Waals surface area contributed by atoms with E-state index in [1.54, 1.807) is 7.11 Å². The molecule has 1 fully saturated rings. The van der Waals surface area contributed by atoms with Gasteiger partial charge in [-0.3, -0.25) is 9.69 Å². The van der Waals surface area contributed by atoms with Gasteiger partial charge in [-0.2, -0.15) is 0 Å². The van der Waals surface area contributed by atoms with Gasteiger partial charge in [0.05, 0.1) is 13.2 Å². The van der Waals surface area contributed by atoms with Gasteiger partial charge in [-0.25, -0.2) is 0 Å². The number of oxime groups is 1. The van der Waals surface area contributed by atoms with Gasteiger partial charge in [0.25, 0.3) is 0 Å². The van der Waals surface area contributed by atoms with Crippen molar-refractivity contribution in [1.82, 2.24) is 10.2 Å². The van der Waals surface area contributed by atoms with Crippen LogP contribution in [-0.2, 0) is 9.53 Å². The predicted molar refractivity (Wildman–Crippen MR) is 67.5 cm³/mol. The third-order valence-corrected chi connectivity index (χ3v) is 3.00. The molecule has 0 aromatic heterocycles. The molecule has 1 saturated heterocycles. The van der Waals surface area contributed by atoms with E-state index >= 15 is 0 Å². The molecule has 1 aliphatic rings. The zero-order valence-corrected chi connectivity index (χ0v) is 10.8. The lowest BCUT2D eigenvalue weighted by Gasteiger charge is -2.31. The van der Waals surface area contributed by atoms with E-state index in [-0.39, 0.29) is 17.8 Å². The molecule has 1 amide bonds. The maximum absolute atomic E-state index is 11.5. The summed E-state index contributed by atoms with van der Waals surface area (Å²) in [5, 5.41) is 14.4. The van der Waals surface area contributed by atoms with Gasteiger partial charge in [0.1, 0.15) is 0 Å². The van der Waals surface area contributed by atoms with Crippen LogP contribution in [0.25, 0.3) is 0 Å². The van der Waals surface area contributed by atoms with Crippen molar-refractivity contribution in [2.45, 2.75) is 25.3 Å². The number of amidine groups is 1. The topological polar surface area (TPSA) is 100 Å². The Kier molecular flexibility index (Phi) is 6.45. The number of amides is 1. The summed E-state index contributed by atoms with van der Waals surface area (Å²) in [4.78, 5) is 13.6. The van der Waals surface area contributed by atoms with Crippen LogP contribution in [0, 0.1) is 0 Å². The maximum atomic E-state index is 11.5. The van der Waals surface area contributed by atoms with E-state index in [1.165, 1.54) is 0 Å². The van der Waals surface area contributed by atoms with E-state index in [4.69, 9.17) is 15.7 Å². The van der Waals surface area contributed by atoms with E-state index in [1.807, 2.05) is 0 Å². The monoisotopic (exact) mass is 258 g/mol. The summed E-state index contributed by atoms with van der Waals surface area (Å²) in [6.45, 7) is 2.60. The molecule has 0 saturated carbocycles. The second kappa shape index (κ2) is 7.88. The van der Waals surface area contributed by atoms with Gasteiger partial charge in [0.2, 0.25) is 5.91 Å². The second-order valence-electron chi connectivity index (χ2n) is 4.45. The molecule has 1 aliphatic heterocycles. The van der Waals surface area contributed by atoms with Gasteiger partial charge in [0.15, 0.2) is 5.84 Å². The summed E-state index contributed by atoms with van der Waals surface area (Å²) in [6.07, 6.45) is 2.18. The van der Waals surface area contributed by atoms with E-state index in [9.17, 15) is 4.79 Å². The number of piperidine rings is 1. The molecule has 0 atom stereocenters. The summed E-state index contributed by atoms with van der Waals surface area (Å²) in [5.41, 5.74) is 5.45. The quantitative estimate of drug-likeness (QED) is 0.254. The fourth-order valence-corrected chi connectivity index (χ4v) is 1.99. The van der Waals surface area contributed by atoms with Crippen molar-refractivity contribution in [2.75, 3.05) is 33.4 Å². The minimum absolute atomic E-state index is 0.0340. The molecular weight excluding hydrogens is 236 g/mol. The minimum Gasteiger partial charge on any atom is -0.409 e. The van der Waals surface area contributed by atoms with Crippen LogP contribution in [0.4, 0.5) is 0 Å². The van der Waals surface area contributed by atoms with E-state index in [2.05, 4.69) is 15.4 Å². The van der Waals surface area contributed by atoms with Gasteiger partial charge < -0.3 is 21.0 Å². The van der Waals surface area contributed by atoms with Crippen molar-refractivity contribution in [1.29, 1.82) is 0 Å². The third-order valence-electron chi connectivity index (χ3n) is 3.00. The Labute approximate surface area is 107 Å².